The molecule has 0 fully saturated rings. The van der Waals surface area contributed by atoms with E-state index in [0.717, 1.165) is 51.4 Å². The molecule has 0 aromatic heterocycles. The number of unbranched alkanes of at least 4 members (excludes halogenated alkanes) is 13. The van der Waals surface area contributed by atoms with E-state index in [2.05, 4.69) is 73.1 Å². The third kappa shape index (κ3) is 37.8. The van der Waals surface area contributed by atoms with Gasteiger partial charge in [0.15, 0.2) is 6.10 Å². The number of aliphatic hydroxyl groups excluding tert-OH is 2. The van der Waals surface area contributed by atoms with Crippen LogP contribution in [0.4, 0.5) is 0 Å². The number of allylic oxidation sites excluding steroid dienone is 10. The summed E-state index contributed by atoms with van der Waals surface area (Å²) in [5, 5.41) is 18.3. The number of phosphoric acid groups is 1. The molecule has 1 unspecified atom stereocenters. The monoisotopic (exact) mass is 768 g/mol. The summed E-state index contributed by atoms with van der Waals surface area (Å²) < 4.78 is 32.6. The van der Waals surface area contributed by atoms with Gasteiger partial charge in [0, 0.05) is 12.8 Å². The second kappa shape index (κ2) is 38.0. The molecular weight excluding hydrogens is 695 g/mol. The normalized spacial score (nSPS) is 14.6. The maximum Gasteiger partial charge on any atom is 0.472 e. The van der Waals surface area contributed by atoms with Gasteiger partial charge in [-0.15, -0.1) is 0 Å². The fraction of sp³-hybridized carbons (Fsp3) is 0.714. The Balaban J connectivity index is 4.43. The molecule has 0 saturated heterocycles. The average molecular weight is 769 g/mol. The first-order chi connectivity index (χ1) is 25.7. The summed E-state index contributed by atoms with van der Waals surface area (Å²) in [4.78, 5) is 34.9. The Hall–Kier alpha value is -2.33. The van der Waals surface area contributed by atoms with Gasteiger partial charge in [-0.3, -0.25) is 18.6 Å². The van der Waals surface area contributed by atoms with Crippen LogP contribution in [0, 0.1) is 0 Å². The zero-order valence-corrected chi connectivity index (χ0v) is 33.9. The number of carbonyl (C=O) groups excluding carboxylic acids is 2. The Labute approximate surface area is 321 Å². The van der Waals surface area contributed by atoms with Crippen molar-refractivity contribution in [1.82, 2.24) is 0 Å². The molecule has 0 saturated carbocycles. The van der Waals surface area contributed by atoms with Crippen molar-refractivity contribution in [3.05, 3.63) is 60.8 Å². The van der Waals surface area contributed by atoms with Gasteiger partial charge >= 0.3 is 19.8 Å². The highest BCUT2D eigenvalue weighted by atomic mass is 31.2. The van der Waals surface area contributed by atoms with Crippen LogP contribution in [0.1, 0.15) is 155 Å². The first-order valence-corrected chi connectivity index (χ1v) is 21.7. The van der Waals surface area contributed by atoms with Gasteiger partial charge in [0.05, 0.1) is 19.8 Å². The van der Waals surface area contributed by atoms with Crippen molar-refractivity contribution in [2.24, 2.45) is 0 Å². The van der Waals surface area contributed by atoms with Gasteiger partial charge in [-0.2, -0.15) is 0 Å². The van der Waals surface area contributed by atoms with Gasteiger partial charge in [-0.1, -0.05) is 152 Å². The Bertz CT molecular complexity index is 1070. The molecular formula is C42H73O10P. The minimum atomic E-state index is -4.63. The smallest absolute Gasteiger partial charge is 0.462 e. The first-order valence-electron chi connectivity index (χ1n) is 20.2. The first kappa shape index (κ1) is 50.7. The molecule has 3 N–H and O–H groups in total. The van der Waals surface area contributed by atoms with Gasteiger partial charge in [-0.25, -0.2) is 4.57 Å². The second-order valence-corrected chi connectivity index (χ2v) is 14.7. The van der Waals surface area contributed by atoms with Crippen LogP contribution in [-0.2, 0) is 32.7 Å². The van der Waals surface area contributed by atoms with E-state index in [4.69, 9.17) is 19.1 Å². The summed E-state index contributed by atoms with van der Waals surface area (Å²) in [5.74, 6) is -0.995. The number of esters is 2. The summed E-state index contributed by atoms with van der Waals surface area (Å²) >= 11 is 0. The van der Waals surface area contributed by atoms with E-state index in [-0.39, 0.29) is 19.4 Å². The van der Waals surface area contributed by atoms with E-state index in [1.165, 1.54) is 57.8 Å². The van der Waals surface area contributed by atoms with E-state index in [1.54, 1.807) is 0 Å². The quantitative estimate of drug-likeness (QED) is 0.0241. The summed E-state index contributed by atoms with van der Waals surface area (Å²) in [7, 11) is -4.63. The van der Waals surface area contributed by atoms with E-state index in [1.807, 2.05) is 6.08 Å². The predicted octanol–water partition coefficient (Wildman–Crippen LogP) is 10.3. The van der Waals surface area contributed by atoms with Gasteiger partial charge in [0.25, 0.3) is 0 Å². The summed E-state index contributed by atoms with van der Waals surface area (Å²) in [5.41, 5.74) is 0. The second-order valence-electron chi connectivity index (χ2n) is 13.3. The van der Waals surface area contributed by atoms with Crippen molar-refractivity contribution in [2.75, 3.05) is 26.4 Å². The van der Waals surface area contributed by atoms with Crippen LogP contribution < -0.4 is 0 Å². The highest BCUT2D eigenvalue weighted by Crippen LogP contribution is 2.43. The van der Waals surface area contributed by atoms with Crippen LogP contribution in [-0.4, -0.2) is 65.7 Å². The molecule has 0 bridgehead atoms. The molecule has 0 aliphatic carbocycles. The Morgan fingerprint density at radius 2 is 1.04 bits per heavy atom. The van der Waals surface area contributed by atoms with Crippen molar-refractivity contribution in [2.45, 2.75) is 167 Å². The molecule has 0 amide bonds. The fourth-order valence-electron chi connectivity index (χ4n) is 5.09. The topological polar surface area (TPSA) is 149 Å². The minimum absolute atomic E-state index is 0.162. The lowest BCUT2D eigenvalue weighted by Crippen LogP contribution is -2.29. The minimum Gasteiger partial charge on any atom is -0.462 e. The highest BCUT2D eigenvalue weighted by molar-refractivity contribution is 7.47. The lowest BCUT2D eigenvalue weighted by molar-refractivity contribution is -0.161. The largest absolute Gasteiger partial charge is 0.472 e. The van der Waals surface area contributed by atoms with Crippen LogP contribution in [0.25, 0.3) is 0 Å². The van der Waals surface area contributed by atoms with Crippen molar-refractivity contribution in [3.8, 4) is 0 Å². The Morgan fingerprint density at radius 3 is 1.55 bits per heavy atom. The molecule has 0 spiro atoms. The maximum atomic E-state index is 12.6. The number of hydrogen-bond donors (Lipinski definition) is 3. The van der Waals surface area contributed by atoms with E-state index < -0.39 is 51.8 Å². The number of hydrogen-bond acceptors (Lipinski definition) is 9. The molecule has 3 atom stereocenters. The van der Waals surface area contributed by atoms with Gasteiger partial charge in [0.1, 0.15) is 12.7 Å². The Morgan fingerprint density at radius 1 is 0.585 bits per heavy atom. The lowest BCUT2D eigenvalue weighted by Gasteiger charge is -2.20. The average Bonchev–Trinajstić information content (AvgIpc) is 3.14. The fourth-order valence-corrected chi connectivity index (χ4v) is 5.88. The molecule has 0 radical (unpaired) electrons. The maximum absolute atomic E-state index is 12.6. The molecule has 0 aromatic rings. The van der Waals surface area contributed by atoms with E-state index >= 15 is 0 Å². The number of rotatable bonds is 37. The van der Waals surface area contributed by atoms with Crippen molar-refractivity contribution in [3.63, 3.8) is 0 Å². The van der Waals surface area contributed by atoms with Gasteiger partial charge < -0.3 is 24.6 Å². The van der Waals surface area contributed by atoms with Crippen LogP contribution in [0.3, 0.4) is 0 Å². The third-order valence-electron chi connectivity index (χ3n) is 8.19. The van der Waals surface area contributed by atoms with Gasteiger partial charge in [-0.05, 0) is 51.4 Å². The van der Waals surface area contributed by atoms with E-state index in [9.17, 15) is 24.2 Å². The van der Waals surface area contributed by atoms with E-state index in [0.29, 0.717) is 19.3 Å². The number of aliphatic hydroxyl groups is 2. The molecule has 0 aliphatic rings. The molecule has 11 heteroatoms. The molecule has 306 valence electrons. The van der Waals surface area contributed by atoms with Crippen molar-refractivity contribution >= 4 is 19.8 Å². The number of phosphoric ester groups is 1. The molecule has 0 aromatic carbocycles. The SMILES string of the molecule is CC/C=C/C/C=C/C/C=C/C/C=C/C/C=C/CCCC(=O)OC[C@H](COP(=O)(O)OC[C@@H](O)CO)OC(=O)CCCCCCCCCCCCCCC. The standard InChI is InChI=1S/C42H73O10P/c1-3-5-7-9-11-13-15-17-18-19-20-22-23-25-27-29-31-33-41(45)49-37-40(38-51-53(47,48)50-36-39(44)35-43)52-42(46)34-32-30-28-26-24-21-16-14-12-10-8-6-4-2/h5,7,11,13,17-18,20,22,25,27,39-40,43-44H,3-4,6,8-10,12,14-16,19,21,23-24,26,28-38H2,1-2H3,(H,47,48)/b7-5+,13-11+,18-17+,22-20+,27-25+/t39-,40+/m0/s1. The van der Waals surface area contributed by atoms with Crippen LogP contribution in [0.2, 0.25) is 0 Å². The van der Waals surface area contributed by atoms with Crippen molar-refractivity contribution in [1.29, 1.82) is 0 Å². The summed E-state index contributed by atoms with van der Waals surface area (Å²) in [6.45, 7) is 2.18. The molecule has 53 heavy (non-hydrogen) atoms. The Kier molecular flexibility index (Phi) is 36.3. The lowest BCUT2D eigenvalue weighted by atomic mass is 10.0. The molecule has 0 aliphatic heterocycles. The predicted molar refractivity (Wildman–Crippen MR) is 214 cm³/mol. The molecule has 10 nitrogen and oxygen atoms in total. The molecule has 0 heterocycles. The zero-order valence-electron chi connectivity index (χ0n) is 33.0. The molecule has 0 rings (SSSR count). The summed E-state index contributed by atoms with van der Waals surface area (Å²) in [6.07, 6.45) is 40.5. The van der Waals surface area contributed by atoms with Gasteiger partial charge in [0.2, 0.25) is 0 Å². The number of ether oxygens (including phenoxy) is 2. The summed E-state index contributed by atoms with van der Waals surface area (Å²) in [6, 6.07) is 0. The zero-order chi connectivity index (χ0) is 39.1. The van der Waals surface area contributed by atoms with Crippen LogP contribution >= 0.6 is 7.82 Å². The highest BCUT2D eigenvalue weighted by Gasteiger charge is 2.27. The third-order valence-corrected chi connectivity index (χ3v) is 9.14. The van der Waals surface area contributed by atoms with Crippen LogP contribution in [0.5, 0.6) is 0 Å². The number of carbonyl (C=O) groups is 2. The van der Waals surface area contributed by atoms with Crippen LogP contribution in [0.15, 0.2) is 60.8 Å². The van der Waals surface area contributed by atoms with Crippen molar-refractivity contribution < 1.29 is 47.8 Å².